The van der Waals surface area contributed by atoms with Gasteiger partial charge in [0.05, 0.1) is 49.5 Å². The Bertz CT molecular complexity index is 2150. The fourth-order valence-corrected chi connectivity index (χ4v) is 6.69. The Morgan fingerprint density at radius 3 is 2.13 bits per heavy atom. The fraction of sp³-hybridized carbons (Fsp3) is 0.429. The van der Waals surface area contributed by atoms with E-state index in [0.29, 0.717) is 28.7 Å². The number of aliphatic hydroxyl groups excluding tert-OH is 1. The zero-order chi connectivity index (χ0) is 43.7. The number of hydrogen-bond donors (Lipinski definition) is 4. The van der Waals surface area contributed by atoms with E-state index in [1.807, 2.05) is 5.32 Å². The van der Waals surface area contributed by atoms with Crippen LogP contribution >= 0.6 is 0 Å². The fourth-order valence-electron chi connectivity index (χ4n) is 6.69. The molecule has 19 heteroatoms. The lowest BCUT2D eigenvalue weighted by molar-refractivity contribution is -0.220. The van der Waals surface area contributed by atoms with Gasteiger partial charge in [0.15, 0.2) is 5.82 Å². The molecule has 2 aliphatic rings. The standard InChI is InChI=1S/C42H46F5N9O5/c1-41(2,42(45,46)47)36(54-40(59)60-3)38(58)53-34(35(57)23-48-22-31-32(43)18-29(19-33(31)44)37-49-11-4-12-50-37)17-27-8-5-26(6-9-27)7-10-28-20-51-39(52-21-28)56-15-13-55(14-16-56)30-24-61-25-30/h4-6,8-9,11-12,18-21,30,34-36,48,57H,13-17,22-25H2,1-3H3,(H,53,58)(H,54,59)/t34-,35-,36+/m0/s1. The Balaban J connectivity index is 1.13. The summed E-state index contributed by atoms with van der Waals surface area (Å²) in [5.74, 6) is 3.75. The molecule has 324 valence electrons. The lowest BCUT2D eigenvalue weighted by atomic mass is 9.82. The molecule has 0 radical (unpaired) electrons. The quantitative estimate of drug-likeness (QED) is 0.108. The van der Waals surface area contributed by atoms with Crippen LogP contribution in [0, 0.1) is 28.9 Å². The number of nitrogens with zero attached hydrogens (tertiary/aromatic N) is 6. The molecule has 0 aliphatic carbocycles. The van der Waals surface area contributed by atoms with Crippen LogP contribution in [0.25, 0.3) is 11.4 Å². The lowest BCUT2D eigenvalue weighted by Crippen LogP contribution is -2.62. The molecule has 4 heterocycles. The van der Waals surface area contributed by atoms with E-state index >= 15 is 8.78 Å². The predicted molar refractivity (Wildman–Crippen MR) is 213 cm³/mol. The molecule has 2 fully saturated rings. The number of aromatic nitrogens is 4. The number of ether oxygens (including phenoxy) is 2. The van der Waals surface area contributed by atoms with Gasteiger partial charge in [-0.3, -0.25) is 9.69 Å². The first-order valence-corrected chi connectivity index (χ1v) is 19.5. The highest BCUT2D eigenvalue weighted by atomic mass is 19.4. The van der Waals surface area contributed by atoms with Gasteiger partial charge in [-0.05, 0) is 56.2 Å². The maximum absolute atomic E-state index is 15.1. The maximum Gasteiger partial charge on any atom is 0.407 e. The Labute approximate surface area is 349 Å². The van der Waals surface area contributed by atoms with Gasteiger partial charge in [-0.15, -0.1) is 0 Å². The van der Waals surface area contributed by atoms with Gasteiger partial charge in [-0.2, -0.15) is 13.2 Å². The second kappa shape index (κ2) is 19.7. The van der Waals surface area contributed by atoms with Gasteiger partial charge < -0.3 is 35.4 Å². The van der Waals surface area contributed by atoms with Crippen molar-refractivity contribution < 1.29 is 46.1 Å². The second-order valence-electron chi connectivity index (χ2n) is 15.2. The monoisotopic (exact) mass is 851 g/mol. The number of alkyl carbamates (subject to hydrolysis) is 1. The van der Waals surface area contributed by atoms with E-state index in [-0.39, 0.29) is 29.9 Å². The number of amides is 2. The van der Waals surface area contributed by atoms with Crippen LogP contribution in [0.15, 0.2) is 67.3 Å². The summed E-state index contributed by atoms with van der Waals surface area (Å²) in [6.07, 6.45) is -1.69. The molecule has 6 rings (SSSR count). The SMILES string of the molecule is COC(=O)N[C@H](C(=O)N[C@@H](Cc1ccc(C#Cc2cnc(N3CCN(C4COC4)CC3)nc2)cc1)[C@@H](O)CNCc1c(F)cc(-c2ncccn2)cc1F)C(C)(C)C(F)(F)F. The molecule has 2 aromatic heterocycles. The zero-order valence-electron chi connectivity index (χ0n) is 33.7. The van der Waals surface area contributed by atoms with Crippen LogP contribution in [-0.2, 0) is 27.2 Å². The molecule has 3 atom stereocenters. The van der Waals surface area contributed by atoms with Crippen LogP contribution in [0.2, 0.25) is 0 Å². The number of anilines is 1. The van der Waals surface area contributed by atoms with Gasteiger partial charge in [-0.25, -0.2) is 33.5 Å². The van der Waals surface area contributed by atoms with E-state index in [2.05, 4.69) is 56.9 Å². The molecule has 2 amide bonds. The number of aliphatic hydroxyl groups is 1. The summed E-state index contributed by atoms with van der Waals surface area (Å²) < 4.78 is 82.5. The van der Waals surface area contributed by atoms with Gasteiger partial charge in [0, 0.05) is 80.7 Å². The number of alkyl halides is 3. The predicted octanol–water partition coefficient (Wildman–Crippen LogP) is 3.62. The van der Waals surface area contributed by atoms with Crippen molar-refractivity contribution >= 4 is 17.9 Å². The van der Waals surface area contributed by atoms with Gasteiger partial charge in [0.2, 0.25) is 11.9 Å². The van der Waals surface area contributed by atoms with Crippen LogP contribution in [0.4, 0.5) is 32.7 Å². The van der Waals surface area contributed by atoms with Crippen LogP contribution in [0.1, 0.15) is 36.1 Å². The molecule has 14 nitrogen and oxygen atoms in total. The number of halogens is 5. The van der Waals surface area contributed by atoms with Crippen molar-refractivity contribution in [1.29, 1.82) is 0 Å². The third-order valence-electron chi connectivity index (χ3n) is 10.7. The second-order valence-corrected chi connectivity index (χ2v) is 15.2. The summed E-state index contributed by atoms with van der Waals surface area (Å²) in [5.41, 5.74) is -1.27. The number of methoxy groups -OCH3 is 1. The molecule has 4 N–H and O–H groups in total. The molecule has 0 bridgehead atoms. The van der Waals surface area contributed by atoms with Crippen molar-refractivity contribution in [2.75, 3.05) is 57.9 Å². The number of nitrogens with one attached hydrogen (secondary N) is 3. The van der Waals surface area contributed by atoms with Crippen molar-refractivity contribution in [2.24, 2.45) is 5.41 Å². The molecule has 61 heavy (non-hydrogen) atoms. The first-order valence-electron chi connectivity index (χ1n) is 19.5. The molecule has 2 saturated heterocycles. The van der Waals surface area contributed by atoms with Crippen LogP contribution < -0.4 is 20.9 Å². The topological polar surface area (TPSA) is 167 Å². The van der Waals surface area contributed by atoms with E-state index in [4.69, 9.17) is 4.74 Å². The Hall–Kier alpha value is -5.81. The van der Waals surface area contributed by atoms with Crippen molar-refractivity contribution in [1.82, 2.24) is 40.8 Å². The molecule has 2 aliphatic heterocycles. The number of carbonyl (C=O) groups excluding carboxylic acids is 2. The van der Waals surface area contributed by atoms with Crippen LogP contribution in [0.3, 0.4) is 0 Å². The summed E-state index contributed by atoms with van der Waals surface area (Å²) in [4.78, 5) is 47.3. The molecule has 0 saturated carbocycles. The van der Waals surface area contributed by atoms with Crippen molar-refractivity contribution in [3.8, 4) is 23.2 Å². The molecular formula is C42H46F5N9O5. The Morgan fingerprint density at radius 2 is 1.56 bits per heavy atom. The summed E-state index contributed by atoms with van der Waals surface area (Å²) in [6, 6.07) is 7.47. The highest BCUT2D eigenvalue weighted by Crippen LogP contribution is 2.40. The largest absolute Gasteiger partial charge is 0.453 e. The smallest absolute Gasteiger partial charge is 0.407 e. The average Bonchev–Trinajstić information content (AvgIpc) is 3.22. The minimum atomic E-state index is -4.95. The molecule has 0 unspecified atom stereocenters. The Morgan fingerprint density at radius 1 is 0.934 bits per heavy atom. The van der Waals surface area contributed by atoms with E-state index in [1.165, 1.54) is 12.4 Å². The number of hydrogen-bond acceptors (Lipinski definition) is 12. The number of benzene rings is 2. The van der Waals surface area contributed by atoms with E-state index in [9.17, 15) is 27.9 Å². The number of piperazine rings is 1. The van der Waals surface area contributed by atoms with E-state index in [1.54, 1.807) is 42.7 Å². The summed E-state index contributed by atoms with van der Waals surface area (Å²) >= 11 is 0. The summed E-state index contributed by atoms with van der Waals surface area (Å²) in [7, 11) is 0.936. The third-order valence-corrected chi connectivity index (χ3v) is 10.7. The van der Waals surface area contributed by atoms with E-state index < -0.39 is 60.0 Å². The molecule has 4 aromatic rings. The molecular weight excluding hydrogens is 806 g/mol. The minimum Gasteiger partial charge on any atom is -0.453 e. The first-order chi connectivity index (χ1) is 29.1. The highest BCUT2D eigenvalue weighted by molar-refractivity contribution is 5.87. The number of rotatable bonds is 14. The first kappa shape index (κ1) is 44.7. The summed E-state index contributed by atoms with van der Waals surface area (Å²) in [6.45, 7) is 5.71. The highest BCUT2D eigenvalue weighted by Gasteiger charge is 2.56. The molecule has 0 spiro atoms. The lowest BCUT2D eigenvalue weighted by Gasteiger charge is -2.42. The van der Waals surface area contributed by atoms with E-state index in [0.717, 1.165) is 72.5 Å². The number of carbonyl (C=O) groups is 2. The maximum atomic E-state index is 15.1. The molecule has 2 aromatic carbocycles. The Kier molecular flexibility index (Phi) is 14.5. The van der Waals surface area contributed by atoms with Gasteiger partial charge in [0.25, 0.3) is 0 Å². The van der Waals surface area contributed by atoms with Gasteiger partial charge >= 0.3 is 12.3 Å². The third kappa shape index (κ3) is 11.3. The van der Waals surface area contributed by atoms with Crippen molar-refractivity contribution in [2.45, 2.75) is 57.2 Å². The van der Waals surface area contributed by atoms with Crippen molar-refractivity contribution in [3.63, 3.8) is 0 Å². The minimum absolute atomic E-state index is 0.105. The average molecular weight is 852 g/mol. The normalized spacial score (nSPS) is 16.4. The van der Waals surface area contributed by atoms with Gasteiger partial charge in [0.1, 0.15) is 17.7 Å². The van der Waals surface area contributed by atoms with Gasteiger partial charge in [-0.1, -0.05) is 24.0 Å². The van der Waals surface area contributed by atoms with Crippen molar-refractivity contribution in [3.05, 3.63) is 101 Å². The zero-order valence-corrected chi connectivity index (χ0v) is 33.7. The summed E-state index contributed by atoms with van der Waals surface area (Å²) in [5, 5.41) is 18.5. The van der Waals surface area contributed by atoms with Crippen LogP contribution in [-0.4, -0.2) is 125 Å². The van der Waals surface area contributed by atoms with Crippen LogP contribution in [0.5, 0.6) is 0 Å².